The van der Waals surface area contributed by atoms with Crippen LogP contribution in [-0.4, -0.2) is 27.7 Å². The fourth-order valence-corrected chi connectivity index (χ4v) is 4.53. The number of rotatable bonds is 3. The van der Waals surface area contributed by atoms with Crippen LogP contribution in [0.15, 0.2) is 36.5 Å². The summed E-state index contributed by atoms with van der Waals surface area (Å²) in [6.07, 6.45) is 6.17. The molecule has 0 saturated carbocycles. The van der Waals surface area contributed by atoms with Gasteiger partial charge in [-0.05, 0) is 44.8 Å². The van der Waals surface area contributed by atoms with E-state index >= 15 is 0 Å². The van der Waals surface area contributed by atoms with Gasteiger partial charge in [0.25, 0.3) is 0 Å². The van der Waals surface area contributed by atoms with Crippen LogP contribution in [0, 0.1) is 5.82 Å². The molecule has 0 amide bonds. The van der Waals surface area contributed by atoms with Crippen molar-refractivity contribution in [2.24, 2.45) is 0 Å². The number of halogens is 1. The van der Waals surface area contributed by atoms with Crippen molar-refractivity contribution in [2.45, 2.75) is 37.6 Å². The van der Waals surface area contributed by atoms with Crippen LogP contribution in [0.25, 0.3) is 5.65 Å². The van der Waals surface area contributed by atoms with Crippen LogP contribution in [0.5, 0.6) is 0 Å². The van der Waals surface area contributed by atoms with Crippen LogP contribution in [-0.2, 0) is 18.4 Å². The molecule has 3 heterocycles. The Hall–Kier alpha value is -2.47. The third kappa shape index (κ3) is 2.40. The molecule has 0 bridgehead atoms. The number of aromatic nitrogens is 3. The van der Waals surface area contributed by atoms with E-state index in [1.165, 1.54) is 17.3 Å². The zero-order valence-electron chi connectivity index (χ0n) is 14.6. The third-order valence-electron chi connectivity index (χ3n) is 5.95. The molecule has 2 N–H and O–H groups in total. The van der Waals surface area contributed by atoms with E-state index in [1.54, 1.807) is 12.3 Å². The smallest absolute Gasteiger partial charge is 0.157 e. The lowest BCUT2D eigenvalue weighted by Crippen LogP contribution is -2.39. The van der Waals surface area contributed by atoms with Gasteiger partial charge in [-0.2, -0.15) is 9.61 Å². The first-order chi connectivity index (χ1) is 12.8. The predicted octanol–water partition coefficient (Wildman–Crippen LogP) is 3.05. The van der Waals surface area contributed by atoms with Crippen molar-refractivity contribution in [1.29, 1.82) is 0 Å². The first-order valence-electron chi connectivity index (χ1n) is 9.32. The lowest BCUT2D eigenvalue weighted by molar-refractivity contribution is 0.301. The second-order valence-electron chi connectivity index (χ2n) is 7.36. The molecule has 6 heteroatoms. The standard InChI is InChI=1S/C20H22FN5/c21-16-4-2-1-3-14(16)13-23-19-15-5-7-20(8-11-22-12-9-20)18(15)25-17-6-10-24-26(17)19/h1-4,6,10,22-23H,5,7-9,11-13H2. The minimum atomic E-state index is -0.183. The van der Waals surface area contributed by atoms with Crippen molar-refractivity contribution in [3.05, 3.63) is 59.2 Å². The molecule has 134 valence electrons. The van der Waals surface area contributed by atoms with Crippen molar-refractivity contribution in [1.82, 2.24) is 19.9 Å². The van der Waals surface area contributed by atoms with E-state index in [9.17, 15) is 4.39 Å². The first kappa shape index (κ1) is 15.8. The molecule has 1 aliphatic carbocycles. The van der Waals surface area contributed by atoms with E-state index in [2.05, 4.69) is 15.7 Å². The van der Waals surface area contributed by atoms with Gasteiger partial charge in [0.15, 0.2) is 5.65 Å². The van der Waals surface area contributed by atoms with Crippen molar-refractivity contribution in [3.63, 3.8) is 0 Å². The minimum absolute atomic E-state index is 0.182. The molecule has 1 aromatic carbocycles. The van der Waals surface area contributed by atoms with Gasteiger partial charge in [-0.15, -0.1) is 0 Å². The molecule has 3 aromatic rings. The van der Waals surface area contributed by atoms with Crippen molar-refractivity contribution < 1.29 is 4.39 Å². The summed E-state index contributed by atoms with van der Waals surface area (Å²) >= 11 is 0. The molecule has 1 aliphatic heterocycles. The first-order valence-corrected chi connectivity index (χ1v) is 9.32. The molecular weight excluding hydrogens is 329 g/mol. The topological polar surface area (TPSA) is 54.2 Å². The fraction of sp³-hybridized carbons (Fsp3) is 0.400. The number of nitrogens with one attached hydrogen (secondary N) is 2. The van der Waals surface area contributed by atoms with Crippen molar-refractivity contribution in [3.8, 4) is 0 Å². The van der Waals surface area contributed by atoms with E-state index in [0.717, 1.165) is 50.2 Å². The number of anilines is 1. The maximum Gasteiger partial charge on any atom is 0.157 e. The Morgan fingerprint density at radius 2 is 2.00 bits per heavy atom. The van der Waals surface area contributed by atoms with Gasteiger partial charge >= 0.3 is 0 Å². The summed E-state index contributed by atoms with van der Waals surface area (Å²) in [5.41, 5.74) is 4.18. The van der Waals surface area contributed by atoms with Gasteiger partial charge in [-0.1, -0.05) is 18.2 Å². The second kappa shape index (κ2) is 6.06. The Bertz CT molecular complexity index is 958. The molecule has 1 fully saturated rings. The lowest BCUT2D eigenvalue weighted by atomic mass is 9.77. The number of benzene rings is 1. The van der Waals surface area contributed by atoms with E-state index in [-0.39, 0.29) is 11.2 Å². The van der Waals surface area contributed by atoms with Gasteiger partial charge in [-0.25, -0.2) is 9.37 Å². The Labute approximate surface area is 151 Å². The SMILES string of the molecule is Fc1ccccc1CNc1c2c(nc3ccnn13)C1(CCNCC1)CC2. The quantitative estimate of drug-likeness (QED) is 0.762. The number of piperidine rings is 1. The van der Waals surface area contributed by atoms with Gasteiger partial charge in [0.1, 0.15) is 11.6 Å². The van der Waals surface area contributed by atoms with Gasteiger partial charge in [0.2, 0.25) is 0 Å². The summed E-state index contributed by atoms with van der Waals surface area (Å²) in [5.74, 6) is 0.783. The minimum Gasteiger partial charge on any atom is -0.365 e. The molecular formula is C20H22FN5. The van der Waals surface area contributed by atoms with Gasteiger partial charge < -0.3 is 10.6 Å². The molecule has 2 aliphatic rings. The molecule has 1 spiro atoms. The molecule has 0 radical (unpaired) electrons. The van der Waals surface area contributed by atoms with Gasteiger partial charge in [-0.3, -0.25) is 0 Å². The summed E-state index contributed by atoms with van der Waals surface area (Å²) in [7, 11) is 0. The maximum absolute atomic E-state index is 14.0. The Morgan fingerprint density at radius 1 is 1.15 bits per heavy atom. The van der Waals surface area contributed by atoms with E-state index in [0.29, 0.717) is 12.1 Å². The molecule has 1 saturated heterocycles. The van der Waals surface area contributed by atoms with Crippen LogP contribution >= 0.6 is 0 Å². The van der Waals surface area contributed by atoms with Crippen molar-refractivity contribution in [2.75, 3.05) is 18.4 Å². The molecule has 0 unspecified atom stereocenters. The fourth-order valence-electron chi connectivity index (χ4n) is 4.53. The number of hydrogen-bond donors (Lipinski definition) is 2. The van der Waals surface area contributed by atoms with Crippen molar-refractivity contribution >= 4 is 11.5 Å². The highest BCUT2D eigenvalue weighted by Gasteiger charge is 2.42. The Kier molecular flexibility index (Phi) is 3.67. The van der Waals surface area contributed by atoms with Gasteiger partial charge in [0.05, 0.1) is 11.9 Å². The zero-order chi connectivity index (χ0) is 17.6. The number of hydrogen-bond acceptors (Lipinski definition) is 4. The third-order valence-corrected chi connectivity index (χ3v) is 5.95. The maximum atomic E-state index is 14.0. The highest BCUT2D eigenvalue weighted by atomic mass is 19.1. The summed E-state index contributed by atoms with van der Waals surface area (Å²) < 4.78 is 15.9. The number of fused-ring (bicyclic) bond motifs is 3. The van der Waals surface area contributed by atoms with E-state index in [4.69, 9.17) is 4.98 Å². The lowest BCUT2D eigenvalue weighted by Gasteiger charge is -2.34. The van der Waals surface area contributed by atoms with Crippen LogP contribution < -0.4 is 10.6 Å². The van der Waals surface area contributed by atoms with Crippen LogP contribution in [0.2, 0.25) is 0 Å². The number of nitrogens with zero attached hydrogens (tertiary/aromatic N) is 3. The molecule has 5 rings (SSSR count). The molecule has 0 atom stereocenters. The highest BCUT2D eigenvalue weighted by molar-refractivity contribution is 5.59. The predicted molar refractivity (Wildman–Crippen MR) is 98.8 cm³/mol. The highest BCUT2D eigenvalue weighted by Crippen LogP contribution is 2.46. The second-order valence-corrected chi connectivity index (χ2v) is 7.36. The zero-order valence-corrected chi connectivity index (χ0v) is 14.6. The van der Waals surface area contributed by atoms with Crippen LogP contribution in [0.3, 0.4) is 0 Å². The summed E-state index contributed by atoms with van der Waals surface area (Å²) in [6, 6.07) is 8.85. The van der Waals surface area contributed by atoms with E-state index in [1.807, 2.05) is 22.7 Å². The molecule has 2 aromatic heterocycles. The summed E-state index contributed by atoms with van der Waals surface area (Å²) in [4.78, 5) is 4.98. The monoisotopic (exact) mass is 351 g/mol. The molecule has 26 heavy (non-hydrogen) atoms. The van der Waals surface area contributed by atoms with Gasteiger partial charge in [0, 0.05) is 29.2 Å². The van der Waals surface area contributed by atoms with E-state index < -0.39 is 0 Å². The normalized spacial score (nSPS) is 18.3. The summed E-state index contributed by atoms with van der Waals surface area (Å²) in [5, 5.41) is 11.4. The van der Waals surface area contributed by atoms with Crippen LogP contribution in [0.1, 0.15) is 36.1 Å². The Balaban J connectivity index is 1.57. The average Bonchev–Trinajstić information content (AvgIpc) is 3.27. The average molecular weight is 351 g/mol. The Morgan fingerprint density at radius 3 is 2.85 bits per heavy atom. The van der Waals surface area contributed by atoms with Crippen LogP contribution in [0.4, 0.5) is 10.2 Å². The molecule has 5 nitrogen and oxygen atoms in total. The largest absolute Gasteiger partial charge is 0.365 e. The summed E-state index contributed by atoms with van der Waals surface area (Å²) in [6.45, 7) is 2.53.